The Labute approximate surface area is 134 Å². The third-order valence-electron chi connectivity index (χ3n) is 4.10. The lowest BCUT2D eigenvalue weighted by Gasteiger charge is -2.34. The highest BCUT2D eigenvalue weighted by Crippen LogP contribution is 2.26. The molecule has 1 N–H and O–H groups in total. The Hall–Kier alpha value is -1.55. The van der Waals surface area contributed by atoms with Gasteiger partial charge in [0.25, 0.3) is 0 Å². The van der Waals surface area contributed by atoms with Crippen LogP contribution in [-0.4, -0.2) is 24.1 Å². The fourth-order valence-corrected chi connectivity index (χ4v) is 3.14. The molecule has 0 aliphatic carbocycles. The summed E-state index contributed by atoms with van der Waals surface area (Å²) in [6, 6.07) is 13.0. The number of nitrogens with one attached hydrogen (secondary N) is 1. The lowest BCUT2D eigenvalue weighted by atomic mass is 10.0. The quantitative estimate of drug-likeness (QED) is 0.901. The summed E-state index contributed by atoms with van der Waals surface area (Å²) in [5, 5.41) is 3.68. The second-order valence-electron chi connectivity index (χ2n) is 5.51. The van der Waals surface area contributed by atoms with Crippen molar-refractivity contribution in [1.82, 2.24) is 4.98 Å². The van der Waals surface area contributed by atoms with E-state index < -0.39 is 0 Å². The molecule has 110 valence electrons. The predicted molar refractivity (Wildman–Crippen MR) is 92.0 cm³/mol. The number of aromatic nitrogens is 1. The minimum atomic E-state index is 0.540. The molecule has 2 aromatic rings. The van der Waals surface area contributed by atoms with Crippen LogP contribution in [0.3, 0.4) is 0 Å². The Morgan fingerprint density at radius 1 is 1.14 bits per heavy atom. The first-order valence-electron chi connectivity index (χ1n) is 7.41. The van der Waals surface area contributed by atoms with E-state index in [0.29, 0.717) is 6.04 Å². The van der Waals surface area contributed by atoms with Crippen LogP contribution in [0.4, 0.5) is 11.5 Å². The number of piperidine rings is 1. The van der Waals surface area contributed by atoms with Crippen molar-refractivity contribution >= 4 is 27.4 Å². The summed E-state index contributed by atoms with van der Waals surface area (Å²) in [6.45, 7) is 4.26. The summed E-state index contributed by atoms with van der Waals surface area (Å²) in [5.41, 5.74) is 2.52. The Kier molecular flexibility index (Phi) is 4.44. The SMILES string of the molecule is Cc1c(Br)cccc1NC1CCN(c2ccccn2)CC1. The molecular formula is C17H20BrN3. The van der Waals surface area contributed by atoms with Crippen LogP contribution in [0.25, 0.3) is 0 Å². The molecule has 1 aliphatic heterocycles. The Bertz CT molecular complexity index is 592. The van der Waals surface area contributed by atoms with Gasteiger partial charge in [0, 0.05) is 35.5 Å². The highest BCUT2D eigenvalue weighted by Gasteiger charge is 2.20. The standard InChI is InChI=1S/C17H20BrN3/c1-13-15(18)5-4-6-16(13)20-14-8-11-21(12-9-14)17-7-2-3-10-19-17/h2-7,10,14,20H,8-9,11-12H2,1H3. The molecule has 1 aromatic heterocycles. The van der Waals surface area contributed by atoms with Crippen molar-refractivity contribution in [1.29, 1.82) is 0 Å². The summed E-state index contributed by atoms with van der Waals surface area (Å²) >= 11 is 3.59. The summed E-state index contributed by atoms with van der Waals surface area (Å²) in [6.07, 6.45) is 4.15. The average Bonchev–Trinajstić information content (AvgIpc) is 2.53. The van der Waals surface area contributed by atoms with Gasteiger partial charge >= 0.3 is 0 Å². The van der Waals surface area contributed by atoms with E-state index in [4.69, 9.17) is 0 Å². The third-order valence-corrected chi connectivity index (χ3v) is 4.95. The molecule has 3 nitrogen and oxygen atoms in total. The summed E-state index contributed by atoms with van der Waals surface area (Å²) in [7, 11) is 0. The lowest BCUT2D eigenvalue weighted by molar-refractivity contribution is 0.523. The first-order chi connectivity index (χ1) is 10.2. The van der Waals surface area contributed by atoms with Crippen molar-refractivity contribution < 1.29 is 0 Å². The maximum absolute atomic E-state index is 4.44. The van der Waals surface area contributed by atoms with Crippen LogP contribution >= 0.6 is 15.9 Å². The molecule has 0 amide bonds. The molecule has 0 radical (unpaired) electrons. The highest BCUT2D eigenvalue weighted by molar-refractivity contribution is 9.10. The number of halogens is 1. The van der Waals surface area contributed by atoms with Crippen molar-refractivity contribution in [3.05, 3.63) is 52.6 Å². The molecule has 0 bridgehead atoms. The van der Waals surface area contributed by atoms with Gasteiger partial charge in [-0.3, -0.25) is 0 Å². The van der Waals surface area contributed by atoms with Crippen LogP contribution in [-0.2, 0) is 0 Å². The molecule has 0 spiro atoms. The number of pyridine rings is 1. The average molecular weight is 346 g/mol. The fraction of sp³-hybridized carbons (Fsp3) is 0.353. The van der Waals surface area contributed by atoms with Crippen molar-refractivity contribution in [2.24, 2.45) is 0 Å². The lowest BCUT2D eigenvalue weighted by Crippen LogP contribution is -2.39. The van der Waals surface area contributed by atoms with Crippen molar-refractivity contribution in [2.45, 2.75) is 25.8 Å². The monoisotopic (exact) mass is 345 g/mol. The van der Waals surface area contributed by atoms with Crippen LogP contribution in [0, 0.1) is 6.92 Å². The second-order valence-corrected chi connectivity index (χ2v) is 6.36. The number of benzene rings is 1. The maximum atomic E-state index is 4.44. The molecule has 0 atom stereocenters. The maximum Gasteiger partial charge on any atom is 0.128 e. The Morgan fingerprint density at radius 3 is 2.67 bits per heavy atom. The van der Waals surface area contributed by atoms with E-state index in [2.05, 4.69) is 68.4 Å². The molecule has 4 heteroatoms. The Morgan fingerprint density at radius 2 is 1.95 bits per heavy atom. The van der Waals surface area contributed by atoms with E-state index in [1.165, 1.54) is 15.7 Å². The molecule has 0 unspecified atom stereocenters. The van der Waals surface area contributed by atoms with Gasteiger partial charge in [-0.15, -0.1) is 0 Å². The van der Waals surface area contributed by atoms with Gasteiger partial charge in [-0.1, -0.05) is 28.1 Å². The first-order valence-corrected chi connectivity index (χ1v) is 8.21. The molecule has 1 fully saturated rings. The largest absolute Gasteiger partial charge is 0.382 e. The van der Waals surface area contributed by atoms with Crippen molar-refractivity contribution in [3.8, 4) is 0 Å². The van der Waals surface area contributed by atoms with Gasteiger partial charge in [-0.2, -0.15) is 0 Å². The van der Waals surface area contributed by atoms with E-state index in [1.807, 2.05) is 12.3 Å². The van der Waals surface area contributed by atoms with Crippen molar-refractivity contribution in [2.75, 3.05) is 23.3 Å². The van der Waals surface area contributed by atoms with Gasteiger partial charge < -0.3 is 10.2 Å². The van der Waals surface area contributed by atoms with E-state index >= 15 is 0 Å². The molecule has 21 heavy (non-hydrogen) atoms. The van der Waals surface area contributed by atoms with Gasteiger partial charge in [0.05, 0.1) is 0 Å². The van der Waals surface area contributed by atoms with Crippen LogP contribution < -0.4 is 10.2 Å². The highest BCUT2D eigenvalue weighted by atomic mass is 79.9. The summed E-state index contributed by atoms with van der Waals surface area (Å²) in [5.74, 6) is 1.09. The van der Waals surface area contributed by atoms with Gasteiger partial charge in [-0.25, -0.2) is 4.98 Å². The van der Waals surface area contributed by atoms with Crippen LogP contribution in [0.15, 0.2) is 47.1 Å². The van der Waals surface area contributed by atoms with Crippen LogP contribution in [0.5, 0.6) is 0 Å². The topological polar surface area (TPSA) is 28.2 Å². The van der Waals surface area contributed by atoms with Gasteiger partial charge in [0.1, 0.15) is 5.82 Å². The van der Waals surface area contributed by atoms with E-state index in [9.17, 15) is 0 Å². The molecule has 3 rings (SSSR count). The smallest absolute Gasteiger partial charge is 0.128 e. The number of hydrogen-bond donors (Lipinski definition) is 1. The summed E-state index contributed by atoms with van der Waals surface area (Å²) in [4.78, 5) is 6.80. The van der Waals surface area contributed by atoms with E-state index in [-0.39, 0.29) is 0 Å². The van der Waals surface area contributed by atoms with Gasteiger partial charge in [0.2, 0.25) is 0 Å². The minimum absolute atomic E-state index is 0.540. The fourth-order valence-electron chi connectivity index (χ4n) is 2.78. The van der Waals surface area contributed by atoms with E-state index in [1.54, 1.807) is 0 Å². The number of hydrogen-bond acceptors (Lipinski definition) is 3. The molecule has 1 saturated heterocycles. The van der Waals surface area contributed by atoms with Gasteiger partial charge in [-0.05, 0) is 49.6 Å². The van der Waals surface area contributed by atoms with Crippen molar-refractivity contribution in [3.63, 3.8) is 0 Å². The number of nitrogens with zero attached hydrogens (tertiary/aromatic N) is 2. The number of rotatable bonds is 3. The third kappa shape index (κ3) is 3.38. The number of anilines is 2. The van der Waals surface area contributed by atoms with Crippen LogP contribution in [0.2, 0.25) is 0 Å². The second kappa shape index (κ2) is 6.48. The zero-order valence-electron chi connectivity index (χ0n) is 12.2. The predicted octanol–water partition coefficient (Wildman–Crippen LogP) is 4.23. The first kappa shape index (κ1) is 14.4. The minimum Gasteiger partial charge on any atom is -0.382 e. The Balaban J connectivity index is 1.60. The van der Waals surface area contributed by atoms with Crippen LogP contribution in [0.1, 0.15) is 18.4 Å². The zero-order valence-corrected chi connectivity index (χ0v) is 13.8. The summed E-state index contributed by atoms with van der Waals surface area (Å²) < 4.78 is 1.17. The van der Waals surface area contributed by atoms with E-state index in [0.717, 1.165) is 31.7 Å². The molecule has 2 heterocycles. The van der Waals surface area contributed by atoms with Gasteiger partial charge in [0.15, 0.2) is 0 Å². The molecule has 1 aromatic carbocycles. The zero-order chi connectivity index (χ0) is 14.7. The normalized spacial score (nSPS) is 16.0. The molecular weight excluding hydrogens is 326 g/mol. The molecule has 1 aliphatic rings. The molecule has 0 saturated carbocycles.